The fraction of sp³-hybridized carbons (Fsp3) is 0.500. The Labute approximate surface area is 176 Å². The van der Waals surface area contributed by atoms with E-state index in [0.29, 0.717) is 13.1 Å². The van der Waals surface area contributed by atoms with Gasteiger partial charge in [-0.25, -0.2) is 0 Å². The molecule has 5 N–H and O–H groups in total. The van der Waals surface area contributed by atoms with Crippen LogP contribution in [-0.2, 0) is 26.2 Å². The number of nitrogens with two attached hydrogens (primary N) is 2. The smallest absolute Gasteiger partial charge is 0.0586 e. The normalized spacial score (nSPS) is 12.7. The first kappa shape index (κ1) is 23.5. The van der Waals surface area contributed by atoms with E-state index >= 15 is 0 Å². The molecule has 0 bridgehead atoms. The zero-order valence-corrected chi connectivity index (χ0v) is 18.1. The second-order valence-electron chi connectivity index (χ2n) is 7.93. The Hall–Kier alpha value is -1.76. The van der Waals surface area contributed by atoms with Crippen LogP contribution in [0.15, 0.2) is 48.5 Å². The lowest BCUT2D eigenvalue weighted by Crippen LogP contribution is -2.34. The molecule has 5 nitrogen and oxygen atoms in total. The maximum Gasteiger partial charge on any atom is 0.0586 e. The SMILES string of the molecule is CN(CCCC[C@@H](CO)N(C)Cc1ccccc1CN)Cc1ccccc1CN. The van der Waals surface area contributed by atoms with Crippen LogP contribution in [0.25, 0.3) is 0 Å². The zero-order chi connectivity index (χ0) is 21.1. The standard InChI is InChI=1S/C24H38N4O/c1-27(17-22-11-5-3-9-20(22)15-25)14-8-7-13-24(19-29)28(2)18-23-12-6-4-10-21(23)16-26/h3-6,9-12,24,29H,7-8,13-19,25-26H2,1-2H3/t24-/m0/s1. The first-order chi connectivity index (χ1) is 14.1. The molecule has 0 saturated heterocycles. The molecule has 5 heteroatoms. The summed E-state index contributed by atoms with van der Waals surface area (Å²) < 4.78 is 0. The summed E-state index contributed by atoms with van der Waals surface area (Å²) >= 11 is 0. The van der Waals surface area contributed by atoms with Gasteiger partial charge >= 0.3 is 0 Å². The molecule has 0 aliphatic rings. The largest absolute Gasteiger partial charge is 0.395 e. The van der Waals surface area contributed by atoms with Crippen molar-refractivity contribution in [2.45, 2.75) is 51.5 Å². The van der Waals surface area contributed by atoms with Crippen molar-refractivity contribution < 1.29 is 5.11 Å². The van der Waals surface area contributed by atoms with Crippen LogP contribution in [-0.4, -0.2) is 48.2 Å². The number of benzene rings is 2. The number of unbranched alkanes of at least 4 members (excludes halogenated alkanes) is 1. The Kier molecular flexibility index (Phi) is 10.3. The lowest BCUT2D eigenvalue weighted by Gasteiger charge is -2.27. The maximum absolute atomic E-state index is 9.87. The molecule has 0 saturated carbocycles. The number of hydrogen-bond donors (Lipinski definition) is 3. The highest BCUT2D eigenvalue weighted by atomic mass is 16.3. The van der Waals surface area contributed by atoms with Crippen LogP contribution in [0.1, 0.15) is 41.5 Å². The van der Waals surface area contributed by atoms with Crippen molar-refractivity contribution in [2.24, 2.45) is 11.5 Å². The number of hydrogen-bond acceptors (Lipinski definition) is 5. The minimum absolute atomic E-state index is 0.170. The van der Waals surface area contributed by atoms with Crippen molar-refractivity contribution in [3.05, 3.63) is 70.8 Å². The molecular weight excluding hydrogens is 360 g/mol. The highest BCUT2D eigenvalue weighted by Gasteiger charge is 2.15. The van der Waals surface area contributed by atoms with E-state index in [1.54, 1.807) is 0 Å². The van der Waals surface area contributed by atoms with Gasteiger partial charge in [0.25, 0.3) is 0 Å². The topological polar surface area (TPSA) is 78.8 Å². The van der Waals surface area contributed by atoms with Crippen LogP contribution in [0, 0.1) is 0 Å². The molecule has 0 unspecified atom stereocenters. The molecule has 1 atom stereocenters. The van der Waals surface area contributed by atoms with Gasteiger partial charge in [0.15, 0.2) is 0 Å². The lowest BCUT2D eigenvalue weighted by atomic mass is 10.0. The van der Waals surface area contributed by atoms with Crippen LogP contribution in [0.5, 0.6) is 0 Å². The summed E-state index contributed by atoms with van der Waals surface area (Å²) in [4.78, 5) is 4.60. The Balaban J connectivity index is 1.76. The van der Waals surface area contributed by atoms with E-state index < -0.39 is 0 Å². The third-order valence-corrected chi connectivity index (χ3v) is 5.70. The van der Waals surface area contributed by atoms with Gasteiger partial charge in [0, 0.05) is 32.2 Å². The molecule has 0 aliphatic carbocycles. The first-order valence-corrected chi connectivity index (χ1v) is 10.6. The maximum atomic E-state index is 9.87. The molecular formula is C24H38N4O. The summed E-state index contributed by atoms with van der Waals surface area (Å²) in [6.45, 7) is 4.09. The molecule has 0 aliphatic heterocycles. The van der Waals surface area contributed by atoms with Crippen molar-refractivity contribution in [1.82, 2.24) is 9.80 Å². The summed E-state index contributed by atoms with van der Waals surface area (Å²) in [5, 5.41) is 9.87. The predicted octanol–water partition coefficient (Wildman–Crippen LogP) is 2.70. The Morgan fingerprint density at radius 3 is 1.83 bits per heavy atom. The fourth-order valence-electron chi connectivity index (χ4n) is 3.80. The van der Waals surface area contributed by atoms with Gasteiger partial charge in [0.2, 0.25) is 0 Å². The molecule has 160 valence electrons. The van der Waals surface area contributed by atoms with E-state index in [4.69, 9.17) is 11.5 Å². The molecule has 2 rings (SSSR count). The molecule has 2 aromatic rings. The van der Waals surface area contributed by atoms with Gasteiger partial charge in [-0.3, -0.25) is 4.90 Å². The average molecular weight is 399 g/mol. The van der Waals surface area contributed by atoms with E-state index in [1.807, 2.05) is 12.1 Å². The van der Waals surface area contributed by atoms with Gasteiger partial charge in [0.1, 0.15) is 0 Å². The van der Waals surface area contributed by atoms with E-state index in [1.165, 1.54) is 22.3 Å². The third kappa shape index (κ3) is 7.53. The zero-order valence-electron chi connectivity index (χ0n) is 18.1. The molecule has 0 amide bonds. The summed E-state index contributed by atoms with van der Waals surface area (Å²) in [5.74, 6) is 0. The van der Waals surface area contributed by atoms with E-state index in [2.05, 4.69) is 60.3 Å². The van der Waals surface area contributed by atoms with Gasteiger partial charge in [-0.1, -0.05) is 55.0 Å². The summed E-state index contributed by atoms with van der Waals surface area (Å²) in [7, 11) is 4.25. The monoisotopic (exact) mass is 398 g/mol. The summed E-state index contributed by atoms with van der Waals surface area (Å²) in [6.07, 6.45) is 3.20. The van der Waals surface area contributed by atoms with E-state index in [0.717, 1.165) is 38.9 Å². The molecule has 0 aromatic heterocycles. The molecule has 29 heavy (non-hydrogen) atoms. The van der Waals surface area contributed by atoms with E-state index in [-0.39, 0.29) is 12.6 Å². The van der Waals surface area contributed by atoms with Crippen LogP contribution in [0.3, 0.4) is 0 Å². The summed E-state index contributed by atoms with van der Waals surface area (Å²) in [5.41, 5.74) is 16.7. The summed E-state index contributed by atoms with van der Waals surface area (Å²) in [6, 6.07) is 16.8. The average Bonchev–Trinajstić information content (AvgIpc) is 2.74. The number of nitrogens with zero attached hydrogens (tertiary/aromatic N) is 2. The number of aliphatic hydroxyl groups excluding tert-OH is 1. The van der Waals surface area contributed by atoms with Crippen LogP contribution in [0.2, 0.25) is 0 Å². The minimum atomic E-state index is 0.170. The Bertz CT molecular complexity index is 722. The number of aliphatic hydroxyl groups is 1. The number of rotatable bonds is 13. The van der Waals surface area contributed by atoms with Crippen LogP contribution < -0.4 is 11.5 Å². The highest BCUT2D eigenvalue weighted by Crippen LogP contribution is 2.16. The van der Waals surface area contributed by atoms with Crippen molar-refractivity contribution in [1.29, 1.82) is 0 Å². The van der Waals surface area contributed by atoms with Crippen LogP contribution in [0.4, 0.5) is 0 Å². The molecule has 2 aromatic carbocycles. The van der Waals surface area contributed by atoms with Gasteiger partial charge in [-0.15, -0.1) is 0 Å². The minimum Gasteiger partial charge on any atom is -0.395 e. The van der Waals surface area contributed by atoms with Crippen molar-refractivity contribution in [3.63, 3.8) is 0 Å². The highest BCUT2D eigenvalue weighted by molar-refractivity contribution is 5.27. The van der Waals surface area contributed by atoms with Crippen molar-refractivity contribution >= 4 is 0 Å². The molecule has 0 radical (unpaired) electrons. The van der Waals surface area contributed by atoms with Crippen molar-refractivity contribution in [2.75, 3.05) is 27.2 Å². The lowest BCUT2D eigenvalue weighted by molar-refractivity contribution is 0.131. The molecule has 0 heterocycles. The van der Waals surface area contributed by atoms with Gasteiger partial charge in [-0.05, 0) is 55.7 Å². The predicted molar refractivity (Wildman–Crippen MR) is 121 cm³/mol. The Morgan fingerprint density at radius 2 is 1.31 bits per heavy atom. The number of likely N-dealkylation sites (N-methyl/N-ethyl adjacent to an activating group) is 1. The van der Waals surface area contributed by atoms with Crippen molar-refractivity contribution in [3.8, 4) is 0 Å². The van der Waals surface area contributed by atoms with Crippen LogP contribution >= 0.6 is 0 Å². The first-order valence-electron chi connectivity index (χ1n) is 10.6. The second kappa shape index (κ2) is 12.7. The van der Waals surface area contributed by atoms with Gasteiger partial charge in [-0.2, -0.15) is 0 Å². The quantitative estimate of drug-likeness (QED) is 0.452. The molecule has 0 fully saturated rings. The third-order valence-electron chi connectivity index (χ3n) is 5.70. The second-order valence-corrected chi connectivity index (χ2v) is 7.93. The fourth-order valence-corrected chi connectivity index (χ4v) is 3.80. The van der Waals surface area contributed by atoms with E-state index in [9.17, 15) is 5.11 Å². The Morgan fingerprint density at radius 1 is 0.793 bits per heavy atom. The van der Waals surface area contributed by atoms with Gasteiger partial charge in [0.05, 0.1) is 6.61 Å². The van der Waals surface area contributed by atoms with Gasteiger partial charge < -0.3 is 21.5 Å². The molecule has 0 spiro atoms.